The molecular formula is C17H17N5O2S2. The first-order chi connectivity index (χ1) is 12.5. The van der Waals surface area contributed by atoms with Gasteiger partial charge in [-0.2, -0.15) is 5.10 Å². The number of carbonyl (C=O) groups is 2. The predicted octanol–water partition coefficient (Wildman–Crippen LogP) is 2.21. The average molecular weight is 387 g/mol. The zero-order valence-electron chi connectivity index (χ0n) is 14.3. The second-order valence-electron chi connectivity index (χ2n) is 6.29. The van der Waals surface area contributed by atoms with Gasteiger partial charge in [-0.15, -0.1) is 27.8 Å². The average Bonchev–Trinajstić information content (AvgIpc) is 3.22. The summed E-state index contributed by atoms with van der Waals surface area (Å²) in [6.45, 7) is 4.81. The monoisotopic (exact) mass is 387 g/mol. The third-order valence-electron chi connectivity index (χ3n) is 4.58. The largest absolute Gasteiger partial charge is 0.397 e. The lowest BCUT2D eigenvalue weighted by Crippen LogP contribution is -2.60. The molecule has 0 aliphatic carbocycles. The Bertz CT molecular complexity index is 1010. The zero-order chi connectivity index (χ0) is 18.4. The minimum Gasteiger partial charge on any atom is -0.397 e. The number of hydrogen-bond acceptors (Lipinski definition) is 7. The van der Waals surface area contributed by atoms with Gasteiger partial charge in [0.15, 0.2) is 0 Å². The van der Waals surface area contributed by atoms with Crippen LogP contribution in [0, 0.1) is 13.8 Å². The fourth-order valence-electron chi connectivity index (χ4n) is 2.95. The van der Waals surface area contributed by atoms with E-state index in [0.29, 0.717) is 33.4 Å². The van der Waals surface area contributed by atoms with Gasteiger partial charge in [0.05, 0.1) is 22.3 Å². The fourth-order valence-corrected chi connectivity index (χ4v) is 4.65. The third-order valence-corrected chi connectivity index (χ3v) is 6.52. The first kappa shape index (κ1) is 16.9. The summed E-state index contributed by atoms with van der Waals surface area (Å²) in [6, 6.07) is 3.60. The smallest absolute Gasteiger partial charge is 0.264 e. The van der Waals surface area contributed by atoms with E-state index < -0.39 is 0 Å². The lowest BCUT2D eigenvalue weighted by atomic mass is 10.1. The number of fused-ring (bicyclic) bond motifs is 1. The number of hydrogen-bond donors (Lipinski definition) is 2. The van der Waals surface area contributed by atoms with Crippen LogP contribution in [0.3, 0.4) is 0 Å². The highest BCUT2D eigenvalue weighted by Crippen LogP contribution is 2.35. The van der Waals surface area contributed by atoms with Crippen molar-refractivity contribution >= 4 is 50.4 Å². The number of aryl methyl sites for hydroxylation is 2. The Morgan fingerprint density at radius 2 is 2.08 bits per heavy atom. The number of nitrogens with one attached hydrogen (secondary N) is 1. The topological polar surface area (TPSA) is 101 Å². The maximum Gasteiger partial charge on any atom is 0.264 e. The van der Waals surface area contributed by atoms with E-state index >= 15 is 0 Å². The molecule has 26 heavy (non-hydrogen) atoms. The van der Waals surface area contributed by atoms with Gasteiger partial charge >= 0.3 is 0 Å². The summed E-state index contributed by atoms with van der Waals surface area (Å²) in [5, 5.41) is 13.9. The van der Waals surface area contributed by atoms with Gasteiger partial charge in [-0.05, 0) is 30.9 Å². The molecule has 1 aliphatic rings. The number of amides is 2. The number of aromatic nitrogens is 2. The number of nitrogen functional groups attached to an aromatic ring is 1. The van der Waals surface area contributed by atoms with Gasteiger partial charge in [0.1, 0.15) is 9.71 Å². The summed E-state index contributed by atoms with van der Waals surface area (Å²) < 4.78 is 0. The molecule has 2 amide bonds. The molecule has 9 heteroatoms. The van der Waals surface area contributed by atoms with Crippen molar-refractivity contribution in [2.24, 2.45) is 0 Å². The molecule has 7 nitrogen and oxygen atoms in total. The Balaban J connectivity index is 1.45. The number of rotatable bonds is 3. The molecule has 0 unspecified atom stereocenters. The number of likely N-dealkylation sites (tertiary alicyclic amines) is 1. The number of anilines is 1. The Labute approximate surface area is 157 Å². The normalized spacial score (nSPS) is 14.5. The Hall–Kier alpha value is -2.52. The van der Waals surface area contributed by atoms with Crippen LogP contribution in [-0.2, 0) is 0 Å². The predicted molar refractivity (Wildman–Crippen MR) is 103 cm³/mol. The third kappa shape index (κ3) is 2.73. The second kappa shape index (κ2) is 6.33. The van der Waals surface area contributed by atoms with Crippen LogP contribution in [0.4, 0.5) is 5.69 Å². The maximum absolute atomic E-state index is 12.6. The van der Waals surface area contributed by atoms with Gasteiger partial charge in [-0.1, -0.05) is 6.07 Å². The van der Waals surface area contributed by atoms with Crippen molar-refractivity contribution in [2.45, 2.75) is 19.9 Å². The molecule has 0 saturated carbocycles. The van der Waals surface area contributed by atoms with Crippen molar-refractivity contribution in [3.05, 3.63) is 38.5 Å². The van der Waals surface area contributed by atoms with E-state index in [1.807, 2.05) is 31.4 Å². The quantitative estimate of drug-likeness (QED) is 0.717. The van der Waals surface area contributed by atoms with E-state index in [0.717, 1.165) is 16.6 Å². The standard InChI is InChI=1S/C17H17N5O2S2/c1-8-9(2)20-21-16-12(8)13(18)14(26-16)15(23)19-10-6-22(7-10)17(24)11-4-3-5-25-11/h3-5,10H,6-7,18H2,1-2H3,(H,19,23). The molecule has 0 bridgehead atoms. The van der Waals surface area contributed by atoms with Crippen molar-refractivity contribution < 1.29 is 9.59 Å². The highest BCUT2D eigenvalue weighted by Gasteiger charge is 2.33. The van der Waals surface area contributed by atoms with Crippen LogP contribution in [0.25, 0.3) is 10.2 Å². The van der Waals surface area contributed by atoms with Crippen LogP contribution >= 0.6 is 22.7 Å². The number of carbonyl (C=O) groups excluding carboxylic acids is 2. The highest BCUT2D eigenvalue weighted by atomic mass is 32.1. The molecule has 134 valence electrons. The molecule has 4 rings (SSSR count). The van der Waals surface area contributed by atoms with E-state index in [-0.39, 0.29) is 17.9 Å². The molecule has 3 aromatic rings. The Morgan fingerprint density at radius 3 is 2.77 bits per heavy atom. The van der Waals surface area contributed by atoms with Crippen LogP contribution in [-0.4, -0.2) is 46.0 Å². The molecule has 3 aromatic heterocycles. The Kier molecular flexibility index (Phi) is 4.12. The fraction of sp³-hybridized carbons (Fsp3) is 0.294. The highest BCUT2D eigenvalue weighted by molar-refractivity contribution is 7.21. The molecule has 0 aromatic carbocycles. The first-order valence-electron chi connectivity index (χ1n) is 8.11. The van der Waals surface area contributed by atoms with Crippen molar-refractivity contribution in [1.82, 2.24) is 20.4 Å². The van der Waals surface area contributed by atoms with E-state index in [2.05, 4.69) is 15.5 Å². The molecule has 0 radical (unpaired) electrons. The molecule has 1 saturated heterocycles. The van der Waals surface area contributed by atoms with Gasteiger partial charge in [0, 0.05) is 18.5 Å². The summed E-state index contributed by atoms with van der Waals surface area (Å²) in [5.74, 6) is -0.218. The number of nitrogens with zero attached hydrogens (tertiary/aromatic N) is 3. The molecule has 0 atom stereocenters. The summed E-state index contributed by atoms with van der Waals surface area (Å²) in [7, 11) is 0. The minimum absolute atomic E-state index is 0.00764. The van der Waals surface area contributed by atoms with Crippen molar-refractivity contribution in [3.8, 4) is 0 Å². The molecule has 4 heterocycles. The molecular weight excluding hydrogens is 370 g/mol. The van der Waals surface area contributed by atoms with E-state index in [9.17, 15) is 9.59 Å². The van der Waals surface area contributed by atoms with Gasteiger partial charge in [-0.3, -0.25) is 9.59 Å². The summed E-state index contributed by atoms with van der Waals surface area (Å²) in [5.41, 5.74) is 8.40. The van der Waals surface area contributed by atoms with E-state index in [1.54, 1.807) is 4.90 Å². The van der Waals surface area contributed by atoms with Crippen LogP contribution in [0.1, 0.15) is 30.6 Å². The number of thiophene rings is 2. The lowest BCUT2D eigenvalue weighted by molar-refractivity contribution is 0.0548. The second-order valence-corrected chi connectivity index (χ2v) is 8.24. The van der Waals surface area contributed by atoms with E-state index in [1.165, 1.54) is 22.7 Å². The van der Waals surface area contributed by atoms with Crippen LogP contribution < -0.4 is 11.1 Å². The Morgan fingerprint density at radius 1 is 1.31 bits per heavy atom. The number of nitrogens with two attached hydrogens (primary N) is 1. The first-order valence-corrected chi connectivity index (χ1v) is 9.80. The maximum atomic E-state index is 12.6. The van der Waals surface area contributed by atoms with Crippen LogP contribution in [0.2, 0.25) is 0 Å². The van der Waals surface area contributed by atoms with E-state index in [4.69, 9.17) is 5.73 Å². The molecule has 3 N–H and O–H groups in total. The molecule has 1 aliphatic heterocycles. The van der Waals surface area contributed by atoms with Gasteiger partial charge < -0.3 is 16.0 Å². The van der Waals surface area contributed by atoms with Gasteiger partial charge in [0.25, 0.3) is 11.8 Å². The zero-order valence-corrected chi connectivity index (χ0v) is 15.9. The van der Waals surface area contributed by atoms with Crippen molar-refractivity contribution in [2.75, 3.05) is 18.8 Å². The summed E-state index contributed by atoms with van der Waals surface area (Å²) in [4.78, 5) is 28.4. The minimum atomic E-state index is -0.226. The molecule has 1 fully saturated rings. The van der Waals surface area contributed by atoms with Gasteiger partial charge in [0.2, 0.25) is 0 Å². The SMILES string of the molecule is Cc1nnc2sc(C(=O)NC3CN(C(=O)c4cccs4)C3)c(N)c2c1C. The van der Waals surface area contributed by atoms with Crippen molar-refractivity contribution in [3.63, 3.8) is 0 Å². The summed E-state index contributed by atoms with van der Waals surface area (Å²) in [6.07, 6.45) is 0. The molecule has 0 spiro atoms. The lowest BCUT2D eigenvalue weighted by Gasteiger charge is -2.39. The van der Waals surface area contributed by atoms with Gasteiger partial charge in [-0.25, -0.2) is 0 Å². The van der Waals surface area contributed by atoms with Crippen LogP contribution in [0.5, 0.6) is 0 Å². The van der Waals surface area contributed by atoms with Crippen molar-refractivity contribution in [1.29, 1.82) is 0 Å². The van der Waals surface area contributed by atoms with Crippen LogP contribution in [0.15, 0.2) is 17.5 Å². The summed E-state index contributed by atoms with van der Waals surface area (Å²) >= 11 is 2.67.